The average Bonchev–Trinajstić information content (AvgIpc) is 3.32. The van der Waals surface area contributed by atoms with Crippen LogP contribution >= 0.6 is 0 Å². The third-order valence-corrected chi connectivity index (χ3v) is 7.24. The van der Waals surface area contributed by atoms with Gasteiger partial charge in [-0.05, 0) is 86.3 Å². The fourth-order valence-electron chi connectivity index (χ4n) is 3.83. The number of carbonyl (C=O) groups excluding carboxylic acids is 1. The number of carbonyl (C=O) groups is 1. The third-order valence-electron chi connectivity index (χ3n) is 5.86. The van der Waals surface area contributed by atoms with E-state index in [-0.39, 0.29) is 10.6 Å². The van der Waals surface area contributed by atoms with Crippen LogP contribution in [0.15, 0.2) is 65.6 Å². The van der Waals surface area contributed by atoms with Crippen molar-refractivity contribution in [1.82, 2.24) is 0 Å². The van der Waals surface area contributed by atoms with E-state index in [1.54, 1.807) is 30.3 Å². The monoisotopic (exact) mass is 467 g/mol. The van der Waals surface area contributed by atoms with Crippen molar-refractivity contribution < 1.29 is 17.6 Å². The quantitative estimate of drug-likeness (QED) is 0.529. The molecule has 1 saturated heterocycles. The van der Waals surface area contributed by atoms with Crippen molar-refractivity contribution in [2.24, 2.45) is 0 Å². The first-order valence-electron chi connectivity index (χ1n) is 10.8. The zero-order chi connectivity index (χ0) is 23.6. The van der Waals surface area contributed by atoms with E-state index in [1.165, 1.54) is 30.3 Å². The number of para-hydroxylation sites is 1. The summed E-state index contributed by atoms with van der Waals surface area (Å²) >= 11 is 0. The normalized spacial score (nSPS) is 13.7. The molecule has 3 aromatic carbocycles. The SMILES string of the molecule is Cc1ccc(S(=O)(=O)Nc2ccc(C(=O)Nc3c(F)cccc3N3CCCC3)cc2)cc1C. The minimum Gasteiger partial charge on any atom is -0.370 e. The second kappa shape index (κ2) is 9.23. The Bertz CT molecular complexity index is 1280. The molecule has 3 aromatic rings. The maximum Gasteiger partial charge on any atom is 0.261 e. The Morgan fingerprint density at radius 2 is 1.64 bits per heavy atom. The van der Waals surface area contributed by atoms with Gasteiger partial charge in [-0.2, -0.15) is 0 Å². The number of nitrogens with one attached hydrogen (secondary N) is 2. The molecule has 172 valence electrons. The van der Waals surface area contributed by atoms with Crippen molar-refractivity contribution in [2.45, 2.75) is 31.6 Å². The molecule has 0 unspecified atom stereocenters. The molecule has 33 heavy (non-hydrogen) atoms. The van der Waals surface area contributed by atoms with Crippen LogP contribution in [0.2, 0.25) is 0 Å². The van der Waals surface area contributed by atoms with Crippen molar-refractivity contribution in [3.05, 3.63) is 83.2 Å². The lowest BCUT2D eigenvalue weighted by Gasteiger charge is -2.22. The summed E-state index contributed by atoms with van der Waals surface area (Å²) in [5, 5.41) is 2.68. The maximum absolute atomic E-state index is 14.5. The van der Waals surface area contributed by atoms with Crippen LogP contribution < -0.4 is 14.9 Å². The first kappa shape index (κ1) is 22.8. The summed E-state index contributed by atoms with van der Waals surface area (Å²) in [4.78, 5) is 15.0. The topological polar surface area (TPSA) is 78.5 Å². The molecule has 2 N–H and O–H groups in total. The summed E-state index contributed by atoms with van der Waals surface area (Å²) in [6.45, 7) is 5.41. The van der Waals surface area contributed by atoms with Gasteiger partial charge in [0.05, 0.1) is 10.6 Å². The first-order valence-corrected chi connectivity index (χ1v) is 12.3. The molecule has 8 heteroatoms. The molecule has 6 nitrogen and oxygen atoms in total. The molecule has 1 aliphatic heterocycles. The van der Waals surface area contributed by atoms with Crippen LogP contribution in [-0.2, 0) is 10.0 Å². The van der Waals surface area contributed by atoms with Gasteiger partial charge in [0, 0.05) is 24.3 Å². The van der Waals surface area contributed by atoms with E-state index in [4.69, 9.17) is 0 Å². The average molecular weight is 468 g/mol. The lowest BCUT2D eigenvalue weighted by atomic mass is 10.1. The Labute approximate surface area is 193 Å². The van der Waals surface area contributed by atoms with Crippen molar-refractivity contribution in [1.29, 1.82) is 0 Å². The Hall–Kier alpha value is -3.39. The van der Waals surface area contributed by atoms with E-state index >= 15 is 0 Å². The van der Waals surface area contributed by atoms with Gasteiger partial charge in [0.1, 0.15) is 11.5 Å². The predicted octanol–water partition coefficient (Wildman–Crippen LogP) is 5.10. The van der Waals surface area contributed by atoms with E-state index in [1.807, 2.05) is 13.8 Å². The maximum atomic E-state index is 14.5. The van der Waals surface area contributed by atoms with Crippen LogP contribution in [0, 0.1) is 19.7 Å². The summed E-state index contributed by atoms with van der Waals surface area (Å²) in [6.07, 6.45) is 2.06. The zero-order valence-corrected chi connectivity index (χ0v) is 19.4. The largest absolute Gasteiger partial charge is 0.370 e. The van der Waals surface area contributed by atoms with E-state index in [0.717, 1.165) is 37.1 Å². The number of nitrogens with zero attached hydrogens (tertiary/aromatic N) is 1. The highest BCUT2D eigenvalue weighted by atomic mass is 32.2. The minimum atomic E-state index is -3.76. The van der Waals surface area contributed by atoms with Gasteiger partial charge in [-0.15, -0.1) is 0 Å². The lowest BCUT2D eigenvalue weighted by Crippen LogP contribution is -2.22. The highest BCUT2D eigenvalue weighted by molar-refractivity contribution is 7.92. The standard InChI is InChI=1S/C25H26FN3O3S/c1-17-8-13-21(16-18(17)2)33(31,32)28-20-11-9-19(10-12-20)25(30)27-24-22(26)6-5-7-23(24)29-14-3-4-15-29/h5-13,16,28H,3-4,14-15H2,1-2H3,(H,27,30). The summed E-state index contributed by atoms with van der Waals surface area (Å²) in [5.74, 6) is -0.963. The third kappa shape index (κ3) is 5.01. The van der Waals surface area contributed by atoms with Gasteiger partial charge >= 0.3 is 0 Å². The Morgan fingerprint density at radius 1 is 0.939 bits per heavy atom. The number of halogens is 1. The minimum absolute atomic E-state index is 0.156. The Kier molecular flexibility index (Phi) is 6.37. The van der Waals surface area contributed by atoms with Crippen LogP contribution in [0.4, 0.5) is 21.5 Å². The molecule has 0 spiro atoms. The molecule has 0 saturated carbocycles. The van der Waals surface area contributed by atoms with Gasteiger partial charge in [-0.3, -0.25) is 9.52 Å². The molecule has 4 rings (SSSR count). The van der Waals surface area contributed by atoms with Crippen molar-refractivity contribution in [2.75, 3.05) is 28.0 Å². The van der Waals surface area contributed by atoms with Gasteiger partial charge in [0.25, 0.3) is 15.9 Å². The van der Waals surface area contributed by atoms with Crippen LogP contribution in [0.3, 0.4) is 0 Å². The number of aryl methyl sites for hydroxylation is 2. The fourth-order valence-corrected chi connectivity index (χ4v) is 4.97. The Balaban J connectivity index is 1.50. The van der Waals surface area contributed by atoms with E-state index in [0.29, 0.717) is 16.9 Å². The molecule has 1 aliphatic rings. The number of rotatable bonds is 6. The molecule has 0 radical (unpaired) electrons. The summed E-state index contributed by atoms with van der Waals surface area (Å²) in [5.41, 5.74) is 3.33. The molecule has 0 aromatic heterocycles. The number of amides is 1. The molecule has 1 fully saturated rings. The molecule has 0 bridgehead atoms. The van der Waals surface area contributed by atoms with E-state index in [9.17, 15) is 17.6 Å². The van der Waals surface area contributed by atoms with Gasteiger partial charge in [-0.25, -0.2) is 12.8 Å². The molecule has 0 aliphatic carbocycles. The van der Waals surface area contributed by atoms with Gasteiger partial charge < -0.3 is 10.2 Å². The van der Waals surface area contributed by atoms with Crippen molar-refractivity contribution in [3.8, 4) is 0 Å². The second-order valence-corrected chi connectivity index (χ2v) is 9.89. The summed E-state index contributed by atoms with van der Waals surface area (Å²) in [7, 11) is -3.76. The second-order valence-electron chi connectivity index (χ2n) is 8.21. The van der Waals surface area contributed by atoms with Gasteiger partial charge in [0.2, 0.25) is 0 Å². The number of hydrogen-bond acceptors (Lipinski definition) is 4. The van der Waals surface area contributed by atoms with Crippen LogP contribution in [0.5, 0.6) is 0 Å². The zero-order valence-electron chi connectivity index (χ0n) is 18.6. The predicted molar refractivity (Wildman–Crippen MR) is 129 cm³/mol. The van der Waals surface area contributed by atoms with Crippen LogP contribution in [0.1, 0.15) is 34.3 Å². The first-order chi connectivity index (χ1) is 15.7. The summed E-state index contributed by atoms with van der Waals surface area (Å²) in [6, 6.07) is 15.7. The lowest BCUT2D eigenvalue weighted by molar-refractivity contribution is 0.102. The van der Waals surface area contributed by atoms with E-state index < -0.39 is 21.7 Å². The number of sulfonamides is 1. The van der Waals surface area contributed by atoms with Gasteiger partial charge in [-0.1, -0.05) is 12.1 Å². The Morgan fingerprint density at radius 3 is 2.30 bits per heavy atom. The molecule has 1 amide bonds. The number of benzene rings is 3. The highest BCUT2D eigenvalue weighted by Crippen LogP contribution is 2.31. The fraction of sp³-hybridized carbons (Fsp3) is 0.240. The van der Waals surface area contributed by atoms with E-state index in [2.05, 4.69) is 14.9 Å². The van der Waals surface area contributed by atoms with Crippen LogP contribution in [0.25, 0.3) is 0 Å². The molecule has 1 heterocycles. The van der Waals surface area contributed by atoms with Crippen molar-refractivity contribution in [3.63, 3.8) is 0 Å². The highest BCUT2D eigenvalue weighted by Gasteiger charge is 2.20. The van der Waals surface area contributed by atoms with Crippen molar-refractivity contribution >= 4 is 33.0 Å². The molecular weight excluding hydrogens is 441 g/mol. The molecular formula is C25H26FN3O3S. The smallest absolute Gasteiger partial charge is 0.261 e. The number of anilines is 3. The number of hydrogen-bond donors (Lipinski definition) is 2. The molecule has 0 atom stereocenters. The van der Waals surface area contributed by atoms with Gasteiger partial charge in [0.15, 0.2) is 0 Å². The summed E-state index contributed by atoms with van der Waals surface area (Å²) < 4.78 is 42.4. The van der Waals surface area contributed by atoms with Crippen LogP contribution in [-0.4, -0.2) is 27.4 Å².